The summed E-state index contributed by atoms with van der Waals surface area (Å²) in [5.41, 5.74) is -0.461. The zero-order valence-corrected chi connectivity index (χ0v) is 18.5. The summed E-state index contributed by atoms with van der Waals surface area (Å²) in [5, 5.41) is 3.34. The van der Waals surface area contributed by atoms with Gasteiger partial charge in [0, 0.05) is 18.3 Å². The van der Waals surface area contributed by atoms with Gasteiger partial charge < -0.3 is 10.1 Å². The van der Waals surface area contributed by atoms with Crippen molar-refractivity contribution in [3.05, 3.63) is 0 Å². The Labute approximate surface area is 173 Å². The first-order chi connectivity index (χ1) is 13.6. The van der Waals surface area contributed by atoms with Crippen molar-refractivity contribution in [1.82, 2.24) is 5.32 Å². The molecule has 0 atom stereocenters. The number of piperidine rings is 1. The Balaban J connectivity index is 2.07. The third kappa shape index (κ3) is 12.1. The number of carbonyl (C=O) groups excluding carboxylic acids is 1. The Kier molecular flexibility index (Phi) is 13.6. The Morgan fingerprint density at radius 2 is 1.50 bits per heavy atom. The fourth-order valence-electron chi connectivity index (χ4n) is 3.75. The van der Waals surface area contributed by atoms with Gasteiger partial charge in [-0.3, -0.25) is 0 Å². The first-order valence-electron chi connectivity index (χ1n) is 11.5. The van der Waals surface area contributed by atoms with Gasteiger partial charge in [-0.1, -0.05) is 70.6 Å². The summed E-state index contributed by atoms with van der Waals surface area (Å²) in [4.78, 5) is 11.9. The van der Waals surface area contributed by atoms with E-state index in [-0.39, 0.29) is 0 Å². The minimum Gasteiger partial charge on any atom is -0.450 e. The smallest absolute Gasteiger partial charge is 0.385 e. The number of carbonyl (C=O) groups is 1. The lowest BCUT2D eigenvalue weighted by Gasteiger charge is -2.36. The van der Waals surface area contributed by atoms with Crippen LogP contribution in [0.3, 0.4) is 0 Å². The fraction of sp³-hybridized carbons (Fsp3) is 0.800. The average molecular weight is 388 g/mol. The number of hydrogen-bond acceptors (Lipinski definition) is 3. The van der Waals surface area contributed by atoms with Crippen molar-refractivity contribution >= 4 is 5.97 Å². The van der Waals surface area contributed by atoms with Crippen molar-refractivity contribution < 1.29 is 9.53 Å². The molecule has 3 nitrogen and oxygen atoms in total. The number of unbranched alkanes of at least 4 members (excludes halogenated alkanes) is 10. The Bertz CT molecular complexity index is 538. The maximum absolute atomic E-state index is 11.9. The molecule has 0 saturated carbocycles. The monoisotopic (exact) mass is 387 g/mol. The van der Waals surface area contributed by atoms with E-state index < -0.39 is 11.6 Å². The summed E-state index contributed by atoms with van der Waals surface area (Å²) in [5.74, 6) is 10.9. The van der Waals surface area contributed by atoms with Crippen molar-refractivity contribution in [2.45, 2.75) is 110 Å². The van der Waals surface area contributed by atoms with Gasteiger partial charge in [0.1, 0.15) is 5.60 Å². The van der Waals surface area contributed by atoms with E-state index in [9.17, 15) is 4.79 Å². The molecule has 0 radical (unpaired) electrons. The Morgan fingerprint density at radius 3 is 2.11 bits per heavy atom. The number of nitrogens with one attached hydrogen (secondary N) is 1. The van der Waals surface area contributed by atoms with Crippen LogP contribution in [0.25, 0.3) is 0 Å². The van der Waals surface area contributed by atoms with Crippen molar-refractivity contribution in [3.63, 3.8) is 0 Å². The van der Waals surface area contributed by atoms with Crippen molar-refractivity contribution in [1.29, 1.82) is 0 Å². The summed E-state index contributed by atoms with van der Waals surface area (Å²) in [6.07, 6.45) is 16.2. The lowest BCUT2D eigenvalue weighted by molar-refractivity contribution is -0.155. The maximum atomic E-state index is 11.9. The van der Waals surface area contributed by atoms with Gasteiger partial charge in [-0.05, 0) is 58.0 Å². The molecule has 3 heteroatoms. The summed E-state index contributed by atoms with van der Waals surface area (Å²) in [6, 6.07) is 0. The summed E-state index contributed by atoms with van der Waals surface area (Å²) < 4.78 is 5.58. The van der Waals surface area contributed by atoms with Crippen LogP contribution in [-0.4, -0.2) is 24.7 Å². The second kappa shape index (κ2) is 15.5. The van der Waals surface area contributed by atoms with E-state index in [0.717, 1.165) is 38.8 Å². The van der Waals surface area contributed by atoms with Crippen LogP contribution in [0.4, 0.5) is 0 Å². The van der Waals surface area contributed by atoms with Gasteiger partial charge in [0.05, 0.1) is 0 Å². The molecule has 1 heterocycles. The topological polar surface area (TPSA) is 38.3 Å². The van der Waals surface area contributed by atoms with Gasteiger partial charge >= 0.3 is 5.97 Å². The van der Waals surface area contributed by atoms with Gasteiger partial charge in [0.2, 0.25) is 0 Å². The highest BCUT2D eigenvalue weighted by molar-refractivity contribution is 5.89. The molecule has 1 fully saturated rings. The Morgan fingerprint density at radius 1 is 0.929 bits per heavy atom. The summed E-state index contributed by atoms with van der Waals surface area (Å²) in [6.45, 7) is 8.21. The first-order valence-corrected chi connectivity index (χ1v) is 11.5. The molecule has 0 aromatic heterocycles. The number of ether oxygens (including phenoxy) is 1. The lowest BCUT2D eigenvalue weighted by Crippen LogP contribution is -2.42. The molecule has 1 saturated heterocycles. The third-order valence-corrected chi connectivity index (χ3v) is 5.65. The SMILES string of the molecule is CCCCCCCCCCCCC#CC#CC(=O)OC(C)(C)C1CCNCC1. The van der Waals surface area contributed by atoms with E-state index in [1.807, 2.05) is 13.8 Å². The summed E-state index contributed by atoms with van der Waals surface area (Å²) in [7, 11) is 0. The highest BCUT2D eigenvalue weighted by Crippen LogP contribution is 2.28. The van der Waals surface area contributed by atoms with E-state index in [1.54, 1.807) is 0 Å². The maximum Gasteiger partial charge on any atom is 0.385 e. The van der Waals surface area contributed by atoms with Crippen molar-refractivity contribution in [2.75, 3.05) is 13.1 Å². The molecule has 1 rings (SSSR count). The quantitative estimate of drug-likeness (QED) is 0.204. The molecule has 0 aromatic rings. The van der Waals surface area contributed by atoms with Crippen LogP contribution >= 0.6 is 0 Å². The highest BCUT2D eigenvalue weighted by atomic mass is 16.6. The molecule has 0 aliphatic carbocycles. The molecule has 0 bridgehead atoms. The van der Waals surface area contributed by atoms with E-state index in [4.69, 9.17) is 4.74 Å². The van der Waals surface area contributed by atoms with Crippen LogP contribution in [-0.2, 0) is 9.53 Å². The van der Waals surface area contributed by atoms with Gasteiger partial charge in [0.15, 0.2) is 0 Å². The van der Waals surface area contributed by atoms with E-state index in [0.29, 0.717) is 5.92 Å². The standard InChI is InChI=1S/C25H41NO2/c1-4-5-6-7-8-9-10-11-12-13-14-15-16-17-18-24(27)28-25(2,3)23-19-21-26-22-20-23/h23,26H,4-14,19-22H2,1-3H3. The molecule has 0 amide bonds. The summed E-state index contributed by atoms with van der Waals surface area (Å²) >= 11 is 0. The molecule has 1 aliphatic heterocycles. The zero-order valence-electron chi connectivity index (χ0n) is 18.5. The van der Waals surface area contributed by atoms with Gasteiger partial charge in [-0.25, -0.2) is 4.79 Å². The van der Waals surface area contributed by atoms with Gasteiger partial charge in [-0.15, -0.1) is 0 Å². The minimum absolute atomic E-state index is 0.391. The van der Waals surface area contributed by atoms with Crippen LogP contribution in [0.15, 0.2) is 0 Å². The van der Waals surface area contributed by atoms with E-state index in [2.05, 4.69) is 35.9 Å². The van der Waals surface area contributed by atoms with Crippen LogP contribution in [0.5, 0.6) is 0 Å². The average Bonchev–Trinajstić information content (AvgIpc) is 2.68. The normalized spacial score (nSPS) is 14.5. The molecule has 0 spiro atoms. The van der Waals surface area contributed by atoms with Crippen molar-refractivity contribution in [3.8, 4) is 23.7 Å². The van der Waals surface area contributed by atoms with E-state index in [1.165, 1.54) is 57.8 Å². The highest BCUT2D eigenvalue weighted by Gasteiger charge is 2.33. The van der Waals surface area contributed by atoms with Crippen LogP contribution in [0, 0.1) is 29.6 Å². The largest absolute Gasteiger partial charge is 0.450 e. The fourth-order valence-corrected chi connectivity index (χ4v) is 3.75. The molecule has 1 N–H and O–H groups in total. The molecule has 0 aromatic carbocycles. The second-order valence-electron chi connectivity index (χ2n) is 8.50. The van der Waals surface area contributed by atoms with Crippen LogP contribution < -0.4 is 5.32 Å². The van der Waals surface area contributed by atoms with Gasteiger partial charge in [-0.2, -0.15) is 0 Å². The van der Waals surface area contributed by atoms with Crippen molar-refractivity contribution in [2.24, 2.45) is 5.92 Å². The zero-order chi connectivity index (χ0) is 20.5. The number of esters is 1. The molecule has 0 unspecified atom stereocenters. The van der Waals surface area contributed by atoms with Crippen LogP contribution in [0.2, 0.25) is 0 Å². The second-order valence-corrected chi connectivity index (χ2v) is 8.50. The van der Waals surface area contributed by atoms with Gasteiger partial charge in [0.25, 0.3) is 0 Å². The predicted molar refractivity (Wildman–Crippen MR) is 118 cm³/mol. The number of hydrogen-bond donors (Lipinski definition) is 1. The molecule has 158 valence electrons. The molecule has 28 heavy (non-hydrogen) atoms. The number of rotatable bonds is 12. The molecular formula is C25H41NO2. The Hall–Kier alpha value is -1.45. The first kappa shape index (κ1) is 24.6. The minimum atomic E-state index is -0.461. The van der Waals surface area contributed by atoms with Crippen LogP contribution in [0.1, 0.15) is 104 Å². The predicted octanol–water partition coefficient (Wildman–Crippen LogP) is 5.63. The lowest BCUT2D eigenvalue weighted by atomic mass is 9.83. The van der Waals surface area contributed by atoms with E-state index >= 15 is 0 Å². The molecular weight excluding hydrogens is 346 g/mol. The molecule has 1 aliphatic rings. The third-order valence-electron chi connectivity index (χ3n) is 5.65.